The van der Waals surface area contributed by atoms with Crippen LogP contribution in [0.4, 0.5) is 5.69 Å². The first-order valence-electron chi connectivity index (χ1n) is 19.8. The second-order valence-corrected chi connectivity index (χ2v) is 14.9. The number of aromatic nitrogens is 3. The number of aryl methyl sites for hydroxylation is 3. The molecule has 2 saturated heterocycles. The summed E-state index contributed by atoms with van der Waals surface area (Å²) in [5, 5.41) is 28.8. The lowest BCUT2D eigenvalue weighted by Gasteiger charge is -2.31. The second-order valence-electron chi connectivity index (χ2n) is 14.9. The number of para-hydroxylation sites is 1. The molecule has 2 fully saturated rings. The van der Waals surface area contributed by atoms with Crippen LogP contribution in [-0.4, -0.2) is 94.1 Å². The Hall–Kier alpha value is -5.36. The highest BCUT2D eigenvalue weighted by atomic mass is 16.5. The maximum absolute atomic E-state index is 13.3. The van der Waals surface area contributed by atoms with Crippen molar-refractivity contribution >= 4 is 33.3 Å². The number of fused-ring (bicyclic) bond motifs is 2. The van der Waals surface area contributed by atoms with Crippen LogP contribution in [0.3, 0.4) is 0 Å². The van der Waals surface area contributed by atoms with Crippen molar-refractivity contribution in [1.29, 1.82) is 0 Å². The highest BCUT2D eigenvalue weighted by molar-refractivity contribution is 6.04. The number of carboxylic acids is 1. The molecule has 0 spiro atoms. The van der Waals surface area contributed by atoms with E-state index in [9.17, 15) is 15.0 Å². The zero-order valence-electron chi connectivity index (χ0n) is 32.3. The summed E-state index contributed by atoms with van der Waals surface area (Å²) in [5.41, 5.74) is 6.82. The molecule has 0 amide bonds. The van der Waals surface area contributed by atoms with Crippen LogP contribution in [0.1, 0.15) is 46.7 Å². The fourth-order valence-corrected chi connectivity index (χ4v) is 8.47. The van der Waals surface area contributed by atoms with Gasteiger partial charge < -0.3 is 33.9 Å². The molecule has 2 aliphatic heterocycles. The van der Waals surface area contributed by atoms with Crippen LogP contribution in [0.2, 0.25) is 0 Å². The molecule has 56 heavy (non-hydrogen) atoms. The van der Waals surface area contributed by atoms with Crippen LogP contribution in [0.15, 0.2) is 84.9 Å². The summed E-state index contributed by atoms with van der Waals surface area (Å²) in [6, 6.07) is 28.6. The molecule has 0 saturated carbocycles. The number of carboxylic acid groups (broad SMARTS) is 1. The fourth-order valence-electron chi connectivity index (χ4n) is 8.47. The van der Waals surface area contributed by atoms with Crippen LogP contribution in [0, 0.1) is 6.92 Å². The topological polar surface area (TPSA) is 114 Å². The molecule has 11 heteroatoms. The van der Waals surface area contributed by atoms with Crippen LogP contribution >= 0.6 is 0 Å². The number of hydrogen-bond donors (Lipinski definition) is 2. The van der Waals surface area contributed by atoms with Crippen LogP contribution in [0.25, 0.3) is 32.8 Å². The number of rotatable bonds is 14. The third-order valence-electron chi connectivity index (χ3n) is 11.4. The molecule has 2 N–H and O–H groups in total. The molecule has 8 rings (SSSR count). The second kappa shape index (κ2) is 16.8. The molecule has 0 aliphatic carbocycles. The van der Waals surface area contributed by atoms with E-state index in [4.69, 9.17) is 19.3 Å². The maximum Gasteiger partial charge on any atom is 0.352 e. The van der Waals surface area contributed by atoms with Gasteiger partial charge in [-0.1, -0.05) is 54.6 Å². The van der Waals surface area contributed by atoms with Crippen molar-refractivity contribution in [3.63, 3.8) is 0 Å². The van der Waals surface area contributed by atoms with Crippen molar-refractivity contribution in [3.8, 4) is 22.6 Å². The van der Waals surface area contributed by atoms with Gasteiger partial charge in [0, 0.05) is 73.9 Å². The molecule has 0 atom stereocenters. The lowest BCUT2D eigenvalue weighted by molar-refractivity contribution is 0.0362. The van der Waals surface area contributed by atoms with Crippen molar-refractivity contribution < 1.29 is 29.2 Å². The van der Waals surface area contributed by atoms with E-state index in [0.717, 1.165) is 106 Å². The van der Waals surface area contributed by atoms with Gasteiger partial charge in [0.2, 0.25) is 0 Å². The molecule has 292 valence electrons. The quantitative estimate of drug-likeness (QED) is 0.113. The van der Waals surface area contributed by atoms with Crippen molar-refractivity contribution in [1.82, 2.24) is 19.2 Å². The van der Waals surface area contributed by atoms with Gasteiger partial charge >= 0.3 is 5.97 Å². The number of anilines is 1. The first kappa shape index (κ1) is 37.6. The van der Waals surface area contributed by atoms with E-state index in [-0.39, 0.29) is 12.7 Å². The summed E-state index contributed by atoms with van der Waals surface area (Å²) >= 11 is 0. The number of benzene rings is 4. The molecule has 4 heterocycles. The molecular weight excluding hydrogens is 707 g/mol. The number of hydrogen-bond acceptors (Lipinski definition) is 8. The number of ether oxygens (including phenoxy) is 3. The minimum absolute atomic E-state index is 0.216. The predicted molar refractivity (Wildman–Crippen MR) is 219 cm³/mol. The molecule has 2 aromatic heterocycles. The van der Waals surface area contributed by atoms with Gasteiger partial charge in [0.05, 0.1) is 42.8 Å². The summed E-state index contributed by atoms with van der Waals surface area (Å²) in [7, 11) is 1.94. The zero-order valence-corrected chi connectivity index (χ0v) is 32.3. The Morgan fingerprint density at radius 3 is 2.39 bits per heavy atom. The first-order valence-corrected chi connectivity index (χ1v) is 19.8. The number of nitrogens with zero attached hydrogens (tertiary/aromatic N) is 5. The van der Waals surface area contributed by atoms with Gasteiger partial charge in [-0.2, -0.15) is 5.10 Å². The Morgan fingerprint density at radius 2 is 1.61 bits per heavy atom. The fraction of sp³-hybridized carbons (Fsp3) is 0.378. The third kappa shape index (κ3) is 7.84. The van der Waals surface area contributed by atoms with E-state index in [0.29, 0.717) is 51.4 Å². The van der Waals surface area contributed by atoms with Gasteiger partial charge in [-0.25, -0.2) is 4.79 Å². The van der Waals surface area contributed by atoms with Crippen LogP contribution in [-0.2, 0) is 31.4 Å². The highest BCUT2D eigenvalue weighted by Crippen LogP contribution is 2.39. The van der Waals surface area contributed by atoms with E-state index in [1.807, 2.05) is 65.7 Å². The lowest BCUT2D eigenvalue weighted by atomic mass is 9.98. The summed E-state index contributed by atoms with van der Waals surface area (Å²) in [6.45, 7) is 8.64. The highest BCUT2D eigenvalue weighted by Gasteiger charge is 2.27. The van der Waals surface area contributed by atoms with E-state index in [2.05, 4.69) is 52.3 Å². The van der Waals surface area contributed by atoms with Gasteiger partial charge in [-0.15, -0.1) is 0 Å². The monoisotopic (exact) mass is 757 g/mol. The summed E-state index contributed by atoms with van der Waals surface area (Å²) < 4.78 is 22.2. The zero-order chi connectivity index (χ0) is 38.6. The predicted octanol–water partition coefficient (Wildman–Crippen LogP) is 7.09. The van der Waals surface area contributed by atoms with E-state index < -0.39 is 5.97 Å². The Labute approximate surface area is 327 Å². The van der Waals surface area contributed by atoms with Crippen molar-refractivity contribution in [2.75, 3.05) is 57.4 Å². The molecule has 2 aliphatic rings. The average molecular weight is 758 g/mol. The number of morpholine rings is 1. The van der Waals surface area contributed by atoms with Gasteiger partial charge in [0.1, 0.15) is 23.8 Å². The van der Waals surface area contributed by atoms with Crippen LogP contribution < -0.4 is 14.4 Å². The normalized spacial score (nSPS) is 15.5. The number of aromatic carboxylic acids is 1. The van der Waals surface area contributed by atoms with Gasteiger partial charge in [0.25, 0.3) is 0 Å². The molecule has 0 unspecified atom stereocenters. The van der Waals surface area contributed by atoms with Crippen LogP contribution in [0.5, 0.6) is 11.5 Å². The van der Waals surface area contributed by atoms with E-state index >= 15 is 0 Å². The molecule has 0 bridgehead atoms. The standard InChI is InChI=1S/C45H51N5O6/c1-31-42(40(47(2)46-31)30-56-35-17-15-33(16-18-35)49-21-19-34(51)20-22-49)39-12-6-11-37-38(13-7-27-55-41-14-5-9-32-8-3-4-10-36(32)41)44(45(52)53)50(43(37)39)24-23-48-25-28-54-29-26-48/h3-6,8-12,14-18,34,51H,7,13,19-30H2,1-2H3,(H,52,53). The van der Waals surface area contributed by atoms with Crippen molar-refractivity contribution in [3.05, 3.63) is 108 Å². The minimum atomic E-state index is -0.935. The molecule has 4 aromatic carbocycles. The van der Waals surface area contributed by atoms with Gasteiger partial charge in [-0.3, -0.25) is 9.58 Å². The van der Waals surface area contributed by atoms with Crippen molar-refractivity contribution in [2.45, 2.75) is 51.9 Å². The Balaban J connectivity index is 1.10. The Morgan fingerprint density at radius 1 is 0.875 bits per heavy atom. The van der Waals surface area contributed by atoms with E-state index in [1.54, 1.807) is 0 Å². The van der Waals surface area contributed by atoms with Gasteiger partial charge in [-0.05, 0) is 73.9 Å². The lowest BCUT2D eigenvalue weighted by Crippen LogP contribution is -2.38. The largest absolute Gasteiger partial charge is 0.493 e. The maximum atomic E-state index is 13.3. The number of piperidine rings is 1. The summed E-state index contributed by atoms with van der Waals surface area (Å²) in [5.74, 6) is 0.649. The number of carbonyl (C=O) groups is 1. The minimum Gasteiger partial charge on any atom is -0.493 e. The number of aliphatic hydroxyl groups excluding tert-OH is 1. The summed E-state index contributed by atoms with van der Waals surface area (Å²) in [6.07, 6.45) is 2.54. The smallest absolute Gasteiger partial charge is 0.352 e. The third-order valence-corrected chi connectivity index (χ3v) is 11.4. The number of aliphatic hydroxyl groups is 1. The van der Waals surface area contributed by atoms with E-state index in [1.165, 1.54) is 0 Å². The van der Waals surface area contributed by atoms with Gasteiger partial charge in [0.15, 0.2) is 0 Å². The first-order chi connectivity index (χ1) is 27.4. The average Bonchev–Trinajstić information content (AvgIpc) is 3.70. The molecular formula is C45H51N5O6. The van der Waals surface area contributed by atoms with Crippen molar-refractivity contribution in [2.24, 2.45) is 7.05 Å². The Kier molecular flexibility index (Phi) is 11.3. The molecule has 11 nitrogen and oxygen atoms in total. The molecule has 0 radical (unpaired) electrons. The SMILES string of the molecule is Cc1nn(C)c(COc2ccc(N3CCC(O)CC3)cc2)c1-c1cccc2c(CCCOc3cccc4ccccc34)c(C(=O)O)n(CCN3CCOCC3)c12. The summed E-state index contributed by atoms with van der Waals surface area (Å²) in [4.78, 5) is 18.0. The molecule has 6 aromatic rings. The Bertz CT molecular complexity index is 2300.